The third kappa shape index (κ3) is 3.17. The van der Waals surface area contributed by atoms with Gasteiger partial charge in [0.1, 0.15) is 5.60 Å². The molecule has 4 rings (SSSR count). The van der Waals surface area contributed by atoms with Crippen molar-refractivity contribution < 1.29 is 18.7 Å². The molecule has 25 heavy (non-hydrogen) atoms. The van der Waals surface area contributed by atoms with Crippen LogP contribution in [0, 0.1) is 5.92 Å². The Hall–Kier alpha value is -1.53. The van der Waals surface area contributed by atoms with Crippen molar-refractivity contribution in [2.45, 2.75) is 50.0 Å². The minimum atomic E-state index is -1.60. The van der Waals surface area contributed by atoms with E-state index >= 15 is 0 Å². The number of aromatic nitrogens is 1. The second-order valence-electron chi connectivity index (χ2n) is 7.54. The van der Waals surface area contributed by atoms with Gasteiger partial charge in [0.15, 0.2) is 5.67 Å². The maximum atomic E-state index is 14.3. The van der Waals surface area contributed by atoms with Gasteiger partial charge in [-0.1, -0.05) is 6.07 Å². The molecule has 1 aromatic rings. The molecule has 1 unspecified atom stereocenters. The lowest BCUT2D eigenvalue weighted by Gasteiger charge is -2.52. The summed E-state index contributed by atoms with van der Waals surface area (Å²) in [5.41, 5.74) is -0.944. The molecule has 0 bridgehead atoms. The highest BCUT2D eigenvalue weighted by Gasteiger charge is 2.58. The summed E-state index contributed by atoms with van der Waals surface area (Å²) in [5.74, 6) is 0.0438. The van der Waals surface area contributed by atoms with Crippen molar-refractivity contribution in [1.82, 2.24) is 9.88 Å². The van der Waals surface area contributed by atoms with Gasteiger partial charge in [-0.2, -0.15) is 0 Å². The second kappa shape index (κ2) is 6.65. The highest BCUT2D eigenvalue weighted by molar-refractivity contribution is 5.87. The van der Waals surface area contributed by atoms with Crippen LogP contribution in [0.15, 0.2) is 24.4 Å². The van der Waals surface area contributed by atoms with Gasteiger partial charge in [-0.05, 0) is 50.2 Å². The summed E-state index contributed by atoms with van der Waals surface area (Å²) in [6.45, 7) is 2.93. The zero-order chi connectivity index (χ0) is 17.3. The largest absolute Gasteiger partial charge is 0.375 e. The number of likely N-dealkylation sites (tertiary alicyclic amines) is 1. The molecule has 1 saturated carbocycles. The number of halogens is 1. The molecule has 5 nitrogen and oxygen atoms in total. The van der Waals surface area contributed by atoms with Crippen molar-refractivity contribution in [3.05, 3.63) is 30.1 Å². The van der Waals surface area contributed by atoms with Crippen LogP contribution in [0.1, 0.15) is 37.8 Å². The Balaban J connectivity index is 1.24. The Morgan fingerprint density at radius 3 is 2.92 bits per heavy atom. The standard InChI is InChI=1S/C19H25FN2O3/c20-18(7-3-8-18)17(23)22-13-19(14-22)15(6-11-25-19)5-10-24-12-16-4-1-2-9-21-16/h1-2,4,9,15H,3,5-8,10-14H2. The van der Waals surface area contributed by atoms with E-state index in [1.54, 1.807) is 11.1 Å². The van der Waals surface area contributed by atoms with Crippen LogP contribution in [0.2, 0.25) is 0 Å². The van der Waals surface area contributed by atoms with Crippen molar-refractivity contribution in [2.75, 3.05) is 26.3 Å². The highest BCUT2D eigenvalue weighted by atomic mass is 19.1. The highest BCUT2D eigenvalue weighted by Crippen LogP contribution is 2.45. The molecule has 3 heterocycles. The molecule has 1 atom stereocenters. The minimum absolute atomic E-state index is 0.274. The van der Waals surface area contributed by atoms with E-state index in [2.05, 4.69) is 4.98 Å². The third-order valence-corrected chi connectivity index (χ3v) is 5.92. The van der Waals surface area contributed by atoms with Crippen LogP contribution in [0.5, 0.6) is 0 Å². The molecule has 136 valence electrons. The van der Waals surface area contributed by atoms with E-state index in [0.29, 0.717) is 51.7 Å². The molecular weight excluding hydrogens is 323 g/mol. The van der Waals surface area contributed by atoms with Gasteiger partial charge in [0.05, 0.1) is 25.4 Å². The van der Waals surface area contributed by atoms with Crippen LogP contribution in [-0.2, 0) is 20.9 Å². The number of carbonyl (C=O) groups excluding carboxylic acids is 1. The van der Waals surface area contributed by atoms with E-state index in [1.807, 2.05) is 18.2 Å². The summed E-state index contributed by atoms with van der Waals surface area (Å²) in [4.78, 5) is 18.1. The number of amides is 1. The van der Waals surface area contributed by atoms with Crippen LogP contribution >= 0.6 is 0 Å². The van der Waals surface area contributed by atoms with E-state index in [9.17, 15) is 9.18 Å². The number of alkyl halides is 1. The maximum Gasteiger partial charge on any atom is 0.260 e. The van der Waals surface area contributed by atoms with Gasteiger partial charge in [0.2, 0.25) is 0 Å². The van der Waals surface area contributed by atoms with Crippen molar-refractivity contribution in [1.29, 1.82) is 0 Å². The van der Waals surface area contributed by atoms with Gasteiger partial charge < -0.3 is 14.4 Å². The fourth-order valence-corrected chi connectivity index (χ4v) is 4.16. The molecule has 3 fully saturated rings. The molecule has 1 spiro atoms. The zero-order valence-electron chi connectivity index (χ0n) is 14.5. The molecule has 1 amide bonds. The average Bonchev–Trinajstić information content (AvgIpc) is 2.99. The van der Waals surface area contributed by atoms with Gasteiger partial charge >= 0.3 is 0 Å². The number of rotatable bonds is 6. The van der Waals surface area contributed by atoms with Gasteiger partial charge in [0, 0.05) is 19.4 Å². The number of ether oxygens (including phenoxy) is 2. The molecule has 1 aromatic heterocycles. The summed E-state index contributed by atoms with van der Waals surface area (Å²) in [5, 5.41) is 0. The molecule has 1 aliphatic carbocycles. The number of pyridine rings is 1. The molecular formula is C19H25FN2O3. The second-order valence-corrected chi connectivity index (χ2v) is 7.54. The Kier molecular flexibility index (Phi) is 4.50. The quantitative estimate of drug-likeness (QED) is 0.741. The summed E-state index contributed by atoms with van der Waals surface area (Å²) >= 11 is 0. The Labute approximate surface area is 147 Å². The summed E-state index contributed by atoms with van der Waals surface area (Å²) in [7, 11) is 0. The molecule has 0 aromatic carbocycles. The SMILES string of the molecule is O=C(N1CC2(C1)OCCC2CCOCc1ccccn1)C1(F)CCC1. The van der Waals surface area contributed by atoms with Crippen LogP contribution in [0.4, 0.5) is 4.39 Å². The van der Waals surface area contributed by atoms with Crippen LogP contribution < -0.4 is 0 Å². The van der Waals surface area contributed by atoms with Crippen molar-refractivity contribution in [3.63, 3.8) is 0 Å². The summed E-state index contributed by atoms with van der Waals surface area (Å²) < 4.78 is 26.0. The fraction of sp³-hybridized carbons (Fsp3) is 0.684. The lowest BCUT2D eigenvalue weighted by Crippen LogP contribution is -2.69. The van der Waals surface area contributed by atoms with Gasteiger partial charge in [0.25, 0.3) is 5.91 Å². The summed E-state index contributed by atoms with van der Waals surface area (Å²) in [6, 6.07) is 5.78. The molecule has 0 N–H and O–H groups in total. The van der Waals surface area contributed by atoms with Crippen LogP contribution in [0.25, 0.3) is 0 Å². The van der Waals surface area contributed by atoms with Crippen molar-refractivity contribution in [2.24, 2.45) is 5.92 Å². The lowest BCUT2D eigenvalue weighted by atomic mass is 9.75. The van der Waals surface area contributed by atoms with E-state index in [1.165, 1.54) is 0 Å². The molecule has 3 aliphatic rings. The third-order valence-electron chi connectivity index (χ3n) is 5.92. The monoisotopic (exact) mass is 348 g/mol. The minimum Gasteiger partial charge on any atom is -0.375 e. The van der Waals surface area contributed by atoms with E-state index in [4.69, 9.17) is 9.47 Å². The average molecular weight is 348 g/mol. The van der Waals surface area contributed by atoms with Crippen LogP contribution in [-0.4, -0.2) is 53.4 Å². The molecule has 6 heteroatoms. The first-order chi connectivity index (χ1) is 12.1. The normalized spacial score (nSPS) is 26.3. The lowest BCUT2D eigenvalue weighted by molar-refractivity contribution is -0.181. The number of carbonyl (C=O) groups is 1. The predicted molar refractivity (Wildman–Crippen MR) is 89.6 cm³/mol. The van der Waals surface area contributed by atoms with Gasteiger partial charge in [-0.25, -0.2) is 4.39 Å². The number of nitrogens with zero attached hydrogens (tertiary/aromatic N) is 2. The summed E-state index contributed by atoms with van der Waals surface area (Å²) in [6.07, 6.45) is 5.21. The Bertz CT molecular complexity index is 614. The van der Waals surface area contributed by atoms with Gasteiger partial charge in [-0.15, -0.1) is 0 Å². The first-order valence-electron chi connectivity index (χ1n) is 9.21. The molecule has 2 saturated heterocycles. The molecule has 2 aliphatic heterocycles. The predicted octanol–water partition coefficient (Wildman–Crippen LogP) is 2.50. The fourth-order valence-electron chi connectivity index (χ4n) is 4.16. The van der Waals surface area contributed by atoms with Crippen molar-refractivity contribution in [3.8, 4) is 0 Å². The Morgan fingerprint density at radius 1 is 1.40 bits per heavy atom. The van der Waals surface area contributed by atoms with Crippen LogP contribution in [0.3, 0.4) is 0 Å². The van der Waals surface area contributed by atoms with E-state index in [0.717, 1.165) is 25.0 Å². The maximum absolute atomic E-state index is 14.3. The van der Waals surface area contributed by atoms with E-state index in [-0.39, 0.29) is 11.5 Å². The number of hydrogen-bond donors (Lipinski definition) is 0. The smallest absolute Gasteiger partial charge is 0.260 e. The zero-order valence-corrected chi connectivity index (χ0v) is 14.5. The van der Waals surface area contributed by atoms with Crippen molar-refractivity contribution >= 4 is 5.91 Å². The van der Waals surface area contributed by atoms with Gasteiger partial charge in [-0.3, -0.25) is 9.78 Å². The topological polar surface area (TPSA) is 51.7 Å². The molecule has 0 radical (unpaired) electrons. The van der Waals surface area contributed by atoms with E-state index < -0.39 is 5.67 Å². The number of hydrogen-bond acceptors (Lipinski definition) is 4. The Morgan fingerprint density at radius 2 is 2.24 bits per heavy atom. The first-order valence-corrected chi connectivity index (χ1v) is 9.21. The first kappa shape index (κ1) is 16.9.